The maximum atomic E-state index is 13.0. The molecule has 4 aromatic rings. The molecule has 0 saturated carbocycles. The van der Waals surface area contributed by atoms with Crippen LogP contribution >= 0.6 is 11.3 Å². The van der Waals surface area contributed by atoms with Crippen LogP contribution < -0.4 is 10.0 Å². The average Bonchev–Trinajstić information content (AvgIpc) is 3.16. The second-order valence-electron chi connectivity index (χ2n) is 7.35. The number of anilines is 2. The van der Waals surface area contributed by atoms with Gasteiger partial charge in [0.25, 0.3) is 10.0 Å². The molecule has 6 nitrogen and oxygen atoms in total. The zero-order valence-corrected chi connectivity index (χ0v) is 18.9. The topological polar surface area (TPSA) is 88.2 Å². The van der Waals surface area contributed by atoms with Gasteiger partial charge in [-0.15, -0.1) is 11.3 Å². The van der Waals surface area contributed by atoms with Gasteiger partial charge in [-0.3, -0.25) is 9.52 Å². The van der Waals surface area contributed by atoms with Crippen molar-refractivity contribution in [2.24, 2.45) is 0 Å². The van der Waals surface area contributed by atoms with E-state index < -0.39 is 10.0 Å². The summed E-state index contributed by atoms with van der Waals surface area (Å²) in [7, 11) is -3.76. The number of nitrogens with zero attached hydrogens (tertiary/aromatic N) is 1. The molecule has 1 amide bonds. The molecule has 8 heteroatoms. The Morgan fingerprint density at radius 2 is 1.71 bits per heavy atom. The van der Waals surface area contributed by atoms with Crippen LogP contribution in [0, 0.1) is 13.8 Å². The number of rotatable bonds is 5. The number of sulfonamides is 1. The van der Waals surface area contributed by atoms with E-state index in [1.165, 1.54) is 23.8 Å². The molecular formula is C23H21N3O3S2. The normalized spacial score (nSPS) is 11.5. The fourth-order valence-electron chi connectivity index (χ4n) is 3.24. The van der Waals surface area contributed by atoms with Crippen molar-refractivity contribution in [3.8, 4) is 11.3 Å². The molecule has 2 N–H and O–H groups in total. The molecule has 0 aliphatic heterocycles. The van der Waals surface area contributed by atoms with E-state index in [0.29, 0.717) is 16.5 Å². The molecule has 0 fully saturated rings. The highest BCUT2D eigenvalue weighted by atomic mass is 32.2. The standard InChI is InChI=1S/C23H21N3O3S2/c1-14-9-17-7-8-21(12-19(17)10-15(14)2)31(28,29)26-20-6-4-5-18(11-20)22-13-30-23(25-22)24-16(3)27/h4-13,26H,1-3H3,(H,24,25,27). The number of thiazole rings is 1. The fourth-order valence-corrected chi connectivity index (χ4v) is 5.09. The molecule has 0 unspecified atom stereocenters. The van der Waals surface area contributed by atoms with Crippen LogP contribution in [0.3, 0.4) is 0 Å². The quantitative estimate of drug-likeness (QED) is 0.429. The summed E-state index contributed by atoms with van der Waals surface area (Å²) >= 11 is 1.31. The number of fused-ring (bicyclic) bond motifs is 1. The van der Waals surface area contributed by atoms with Crippen LogP contribution in [0.25, 0.3) is 22.0 Å². The number of nitrogens with one attached hydrogen (secondary N) is 2. The average molecular weight is 452 g/mol. The molecule has 0 aliphatic carbocycles. The van der Waals surface area contributed by atoms with Crippen LogP contribution in [0.1, 0.15) is 18.1 Å². The van der Waals surface area contributed by atoms with E-state index in [1.807, 2.05) is 37.4 Å². The van der Waals surface area contributed by atoms with Crippen molar-refractivity contribution in [3.05, 3.63) is 71.1 Å². The lowest BCUT2D eigenvalue weighted by molar-refractivity contribution is -0.114. The third-order valence-electron chi connectivity index (χ3n) is 4.93. The lowest BCUT2D eigenvalue weighted by Crippen LogP contribution is -2.13. The zero-order valence-electron chi connectivity index (χ0n) is 17.3. The van der Waals surface area contributed by atoms with E-state index in [9.17, 15) is 13.2 Å². The first kappa shape index (κ1) is 21.0. The van der Waals surface area contributed by atoms with Crippen molar-refractivity contribution in [2.75, 3.05) is 10.0 Å². The Bertz CT molecular complexity index is 1410. The minimum absolute atomic E-state index is 0.192. The molecular weight excluding hydrogens is 430 g/mol. The lowest BCUT2D eigenvalue weighted by atomic mass is 10.0. The number of carbonyl (C=O) groups is 1. The first-order valence-corrected chi connectivity index (χ1v) is 11.9. The summed E-state index contributed by atoms with van der Waals surface area (Å²) in [4.78, 5) is 15.8. The number of aromatic nitrogens is 1. The van der Waals surface area contributed by atoms with Crippen LogP contribution in [0.15, 0.2) is 64.9 Å². The Hall–Kier alpha value is -3.23. The van der Waals surface area contributed by atoms with Crippen molar-refractivity contribution in [1.29, 1.82) is 0 Å². The fraction of sp³-hybridized carbons (Fsp3) is 0.130. The third-order valence-corrected chi connectivity index (χ3v) is 7.07. The van der Waals surface area contributed by atoms with Gasteiger partial charge in [0.05, 0.1) is 10.6 Å². The van der Waals surface area contributed by atoms with Crippen LogP contribution in [-0.2, 0) is 14.8 Å². The molecule has 0 radical (unpaired) electrons. The number of aryl methyl sites for hydroxylation is 2. The molecule has 0 atom stereocenters. The first-order valence-electron chi connectivity index (χ1n) is 9.59. The van der Waals surface area contributed by atoms with E-state index >= 15 is 0 Å². The maximum Gasteiger partial charge on any atom is 0.261 e. The van der Waals surface area contributed by atoms with Gasteiger partial charge in [0.15, 0.2) is 5.13 Å². The van der Waals surface area contributed by atoms with E-state index in [-0.39, 0.29) is 10.8 Å². The summed E-state index contributed by atoms with van der Waals surface area (Å²) in [5.41, 5.74) is 4.13. The van der Waals surface area contributed by atoms with Gasteiger partial charge in [-0.1, -0.05) is 30.3 Å². The zero-order chi connectivity index (χ0) is 22.2. The van der Waals surface area contributed by atoms with Gasteiger partial charge in [-0.05, 0) is 60.0 Å². The number of carbonyl (C=O) groups excluding carboxylic acids is 1. The predicted molar refractivity (Wildman–Crippen MR) is 126 cm³/mol. The van der Waals surface area contributed by atoms with Crippen LogP contribution in [-0.4, -0.2) is 19.3 Å². The largest absolute Gasteiger partial charge is 0.302 e. The van der Waals surface area contributed by atoms with Crippen molar-refractivity contribution >= 4 is 48.9 Å². The van der Waals surface area contributed by atoms with E-state index in [1.54, 1.807) is 30.3 Å². The molecule has 0 saturated heterocycles. The van der Waals surface area contributed by atoms with Crippen molar-refractivity contribution in [3.63, 3.8) is 0 Å². The second-order valence-corrected chi connectivity index (χ2v) is 9.89. The highest BCUT2D eigenvalue weighted by Crippen LogP contribution is 2.28. The SMILES string of the molecule is CC(=O)Nc1nc(-c2cccc(NS(=O)(=O)c3ccc4cc(C)c(C)cc4c3)c2)cs1. The summed E-state index contributed by atoms with van der Waals surface area (Å²) in [5.74, 6) is -0.192. The van der Waals surface area contributed by atoms with Gasteiger partial charge in [-0.25, -0.2) is 13.4 Å². The summed E-state index contributed by atoms with van der Waals surface area (Å²) in [5, 5.41) is 6.84. The van der Waals surface area contributed by atoms with E-state index in [4.69, 9.17) is 0 Å². The lowest BCUT2D eigenvalue weighted by Gasteiger charge is -2.11. The smallest absolute Gasteiger partial charge is 0.261 e. The summed E-state index contributed by atoms with van der Waals surface area (Å²) in [6, 6.07) is 16.2. The molecule has 1 heterocycles. The van der Waals surface area contributed by atoms with Gasteiger partial charge < -0.3 is 5.32 Å². The number of hydrogen-bond donors (Lipinski definition) is 2. The van der Waals surface area contributed by atoms with Gasteiger partial charge in [0.1, 0.15) is 0 Å². The van der Waals surface area contributed by atoms with E-state index in [0.717, 1.165) is 21.9 Å². The molecule has 3 aromatic carbocycles. The summed E-state index contributed by atoms with van der Waals surface area (Å²) in [6.07, 6.45) is 0. The minimum Gasteiger partial charge on any atom is -0.302 e. The van der Waals surface area contributed by atoms with Crippen LogP contribution in [0.4, 0.5) is 10.8 Å². The monoisotopic (exact) mass is 451 g/mol. The summed E-state index contributed by atoms with van der Waals surface area (Å²) < 4.78 is 28.6. The summed E-state index contributed by atoms with van der Waals surface area (Å²) in [6.45, 7) is 5.47. The van der Waals surface area contributed by atoms with Crippen molar-refractivity contribution in [1.82, 2.24) is 4.98 Å². The Balaban J connectivity index is 1.62. The number of benzene rings is 3. The highest BCUT2D eigenvalue weighted by molar-refractivity contribution is 7.92. The Kier molecular flexibility index (Phi) is 5.51. The van der Waals surface area contributed by atoms with Crippen molar-refractivity contribution < 1.29 is 13.2 Å². The first-order chi connectivity index (χ1) is 14.7. The molecule has 1 aromatic heterocycles. The Morgan fingerprint density at radius 3 is 2.45 bits per heavy atom. The minimum atomic E-state index is -3.76. The predicted octanol–water partition coefficient (Wildman–Crippen LogP) is 5.34. The molecule has 4 rings (SSSR count). The maximum absolute atomic E-state index is 13.0. The van der Waals surface area contributed by atoms with Gasteiger partial charge in [-0.2, -0.15) is 0 Å². The van der Waals surface area contributed by atoms with Gasteiger partial charge >= 0.3 is 0 Å². The second kappa shape index (κ2) is 8.13. The molecule has 0 spiro atoms. The van der Waals surface area contributed by atoms with Crippen LogP contribution in [0.5, 0.6) is 0 Å². The molecule has 0 aliphatic rings. The van der Waals surface area contributed by atoms with Crippen LogP contribution in [0.2, 0.25) is 0 Å². The molecule has 0 bridgehead atoms. The number of hydrogen-bond acceptors (Lipinski definition) is 5. The van der Waals surface area contributed by atoms with E-state index in [2.05, 4.69) is 21.1 Å². The Labute approximate surface area is 185 Å². The van der Waals surface area contributed by atoms with Gasteiger partial charge in [0.2, 0.25) is 5.91 Å². The highest BCUT2D eigenvalue weighted by Gasteiger charge is 2.16. The Morgan fingerprint density at radius 1 is 0.968 bits per heavy atom. The third kappa shape index (κ3) is 4.60. The molecule has 31 heavy (non-hydrogen) atoms. The molecule has 158 valence electrons. The van der Waals surface area contributed by atoms with Gasteiger partial charge in [0, 0.05) is 23.6 Å². The van der Waals surface area contributed by atoms with Crippen molar-refractivity contribution in [2.45, 2.75) is 25.7 Å². The number of amides is 1.